The van der Waals surface area contributed by atoms with Crippen molar-refractivity contribution in [2.45, 2.75) is 18.5 Å². The molecule has 0 atom stereocenters. The Morgan fingerprint density at radius 3 is 2.60 bits per heavy atom. The van der Waals surface area contributed by atoms with Gasteiger partial charge in [-0.05, 0) is 31.2 Å². The molecule has 2 aromatic carbocycles. The van der Waals surface area contributed by atoms with Crippen LogP contribution in [0.1, 0.15) is 28.8 Å². The van der Waals surface area contributed by atoms with Crippen LogP contribution in [0.3, 0.4) is 0 Å². The molecular weight excluding hydrogens is 468 g/mol. The number of nitrogens with zero attached hydrogens (tertiary/aromatic N) is 5. The fourth-order valence-corrected chi connectivity index (χ4v) is 4.28. The Morgan fingerprint density at radius 2 is 1.83 bits per heavy atom. The van der Waals surface area contributed by atoms with Gasteiger partial charge in [-0.2, -0.15) is 5.10 Å². The van der Waals surface area contributed by atoms with Crippen molar-refractivity contribution in [2.75, 3.05) is 17.7 Å². The molecular formula is C24H24N6O4S. The number of ether oxygens (including phenoxy) is 1. The number of benzene rings is 2. The van der Waals surface area contributed by atoms with Crippen molar-refractivity contribution in [3.63, 3.8) is 0 Å². The van der Waals surface area contributed by atoms with Crippen LogP contribution in [0.5, 0.6) is 0 Å². The number of anilines is 1. The second-order valence-corrected chi connectivity index (χ2v) is 8.64. The first-order valence-corrected chi connectivity index (χ1v) is 11.9. The molecule has 1 N–H and O–H groups in total. The Balaban J connectivity index is 1.43. The number of hydrogen-bond acceptors (Lipinski definition) is 8. The second-order valence-electron chi connectivity index (χ2n) is 7.69. The molecule has 0 spiro atoms. The van der Waals surface area contributed by atoms with E-state index in [-0.39, 0.29) is 23.8 Å². The Bertz CT molecular complexity index is 1460. The van der Waals surface area contributed by atoms with Crippen molar-refractivity contribution < 1.29 is 14.3 Å². The molecule has 2 heterocycles. The highest BCUT2D eigenvalue weighted by Crippen LogP contribution is 2.20. The zero-order valence-electron chi connectivity index (χ0n) is 19.5. The predicted molar refractivity (Wildman–Crippen MR) is 133 cm³/mol. The summed E-state index contributed by atoms with van der Waals surface area (Å²) in [6.45, 7) is 2.01. The van der Waals surface area contributed by atoms with Crippen LogP contribution in [-0.2, 0) is 30.0 Å². The van der Waals surface area contributed by atoms with Gasteiger partial charge in [0.25, 0.3) is 5.56 Å². The number of esters is 1. The summed E-state index contributed by atoms with van der Waals surface area (Å²) in [5.41, 5.74) is 1.44. The van der Waals surface area contributed by atoms with Gasteiger partial charge in [0.1, 0.15) is 5.82 Å². The minimum Gasteiger partial charge on any atom is -0.462 e. The van der Waals surface area contributed by atoms with Gasteiger partial charge in [-0.15, -0.1) is 10.2 Å². The lowest BCUT2D eigenvalue weighted by Gasteiger charge is -2.09. The Labute approximate surface area is 205 Å². The molecule has 1 amide bonds. The van der Waals surface area contributed by atoms with Gasteiger partial charge in [0.15, 0.2) is 5.16 Å². The number of amides is 1. The molecule has 2 aromatic heterocycles. The molecule has 4 aromatic rings. The molecule has 0 saturated heterocycles. The van der Waals surface area contributed by atoms with Gasteiger partial charge in [0, 0.05) is 25.2 Å². The number of rotatable bonds is 8. The van der Waals surface area contributed by atoms with Crippen LogP contribution in [0.2, 0.25) is 0 Å². The maximum atomic E-state index is 12.5. The van der Waals surface area contributed by atoms with Crippen molar-refractivity contribution >= 4 is 40.1 Å². The number of fused-ring (bicyclic) bond motifs is 1. The van der Waals surface area contributed by atoms with Crippen LogP contribution in [-0.4, -0.2) is 48.8 Å². The molecule has 0 aliphatic rings. The molecule has 0 saturated carbocycles. The molecule has 0 unspecified atom stereocenters. The molecule has 0 aliphatic carbocycles. The molecule has 35 heavy (non-hydrogen) atoms. The summed E-state index contributed by atoms with van der Waals surface area (Å²) in [7, 11) is 3.44. The first-order valence-electron chi connectivity index (χ1n) is 10.9. The summed E-state index contributed by atoms with van der Waals surface area (Å²) in [6.07, 6.45) is 0.380. The van der Waals surface area contributed by atoms with Gasteiger partial charge >= 0.3 is 5.97 Å². The predicted octanol–water partition coefficient (Wildman–Crippen LogP) is 2.56. The standard InChI is InChI=1S/C24H24N6O4S/c1-4-34-23(33)15-8-7-9-16(12-15)25-21(31)14-35-24-27-26-20(29(24)2)13-19-17-10-5-6-11-18(17)22(32)30(3)28-19/h5-12H,4,13-14H2,1-3H3,(H,25,31). The first-order chi connectivity index (χ1) is 16.9. The quantitative estimate of drug-likeness (QED) is 0.294. The second kappa shape index (κ2) is 10.5. The number of carbonyl (C=O) groups excluding carboxylic acids is 2. The van der Waals surface area contributed by atoms with Crippen molar-refractivity contribution in [1.82, 2.24) is 24.5 Å². The first kappa shape index (κ1) is 24.1. The molecule has 0 fully saturated rings. The summed E-state index contributed by atoms with van der Waals surface area (Å²) >= 11 is 1.24. The van der Waals surface area contributed by atoms with Crippen LogP contribution >= 0.6 is 11.8 Å². The van der Waals surface area contributed by atoms with Gasteiger partial charge < -0.3 is 14.6 Å². The molecule has 4 rings (SSSR count). The highest BCUT2D eigenvalue weighted by molar-refractivity contribution is 7.99. The largest absolute Gasteiger partial charge is 0.462 e. The fraction of sp³-hybridized carbons (Fsp3) is 0.250. The topological polar surface area (TPSA) is 121 Å². The van der Waals surface area contributed by atoms with E-state index in [4.69, 9.17) is 4.74 Å². The summed E-state index contributed by atoms with van der Waals surface area (Å²) in [6, 6.07) is 13.9. The minimum absolute atomic E-state index is 0.108. The monoisotopic (exact) mass is 492 g/mol. The van der Waals surface area contributed by atoms with Gasteiger partial charge in [-0.25, -0.2) is 9.48 Å². The van der Waals surface area contributed by atoms with E-state index in [0.717, 1.165) is 5.39 Å². The summed E-state index contributed by atoms with van der Waals surface area (Å²) < 4.78 is 8.12. The Hall–Kier alpha value is -3.99. The lowest BCUT2D eigenvalue weighted by molar-refractivity contribution is -0.113. The van der Waals surface area contributed by atoms with Crippen LogP contribution in [0.25, 0.3) is 10.8 Å². The molecule has 180 valence electrons. The average Bonchev–Trinajstić information content (AvgIpc) is 3.20. The van der Waals surface area contributed by atoms with E-state index in [1.807, 2.05) is 25.2 Å². The van der Waals surface area contributed by atoms with Gasteiger partial charge in [0.05, 0.1) is 35.4 Å². The smallest absolute Gasteiger partial charge is 0.338 e. The van der Waals surface area contributed by atoms with E-state index in [0.29, 0.717) is 39.7 Å². The SMILES string of the molecule is CCOC(=O)c1cccc(NC(=O)CSc2nnc(Cc3nn(C)c(=O)c4ccccc34)n2C)c1. The molecule has 0 radical (unpaired) electrons. The van der Waals surface area contributed by atoms with Crippen molar-refractivity contribution in [3.05, 3.63) is 76.0 Å². The third-order valence-corrected chi connectivity index (χ3v) is 6.29. The lowest BCUT2D eigenvalue weighted by atomic mass is 10.1. The molecule has 0 bridgehead atoms. The molecule has 11 heteroatoms. The molecule has 10 nitrogen and oxygen atoms in total. The number of aryl methyl sites for hydroxylation is 1. The van der Waals surface area contributed by atoms with E-state index in [1.165, 1.54) is 16.4 Å². The zero-order valence-corrected chi connectivity index (χ0v) is 20.3. The van der Waals surface area contributed by atoms with Gasteiger partial charge in [0.2, 0.25) is 5.91 Å². The van der Waals surface area contributed by atoms with E-state index >= 15 is 0 Å². The summed E-state index contributed by atoms with van der Waals surface area (Å²) in [5, 5.41) is 17.6. The number of aromatic nitrogens is 5. The number of hydrogen-bond donors (Lipinski definition) is 1. The fourth-order valence-electron chi connectivity index (χ4n) is 3.55. The lowest BCUT2D eigenvalue weighted by Crippen LogP contribution is -2.21. The number of carbonyl (C=O) groups is 2. The van der Waals surface area contributed by atoms with E-state index in [9.17, 15) is 14.4 Å². The minimum atomic E-state index is -0.439. The van der Waals surface area contributed by atoms with Crippen LogP contribution < -0.4 is 10.9 Å². The normalized spacial score (nSPS) is 10.9. The van der Waals surface area contributed by atoms with Crippen molar-refractivity contribution in [1.29, 1.82) is 0 Å². The maximum absolute atomic E-state index is 12.5. The summed E-state index contributed by atoms with van der Waals surface area (Å²) in [4.78, 5) is 36.7. The highest BCUT2D eigenvalue weighted by atomic mass is 32.2. The van der Waals surface area contributed by atoms with Gasteiger partial charge in [-0.1, -0.05) is 36.0 Å². The Kier molecular flexibility index (Phi) is 7.25. The Morgan fingerprint density at radius 1 is 1.06 bits per heavy atom. The van der Waals surface area contributed by atoms with E-state index in [1.54, 1.807) is 48.9 Å². The van der Waals surface area contributed by atoms with Crippen LogP contribution in [0, 0.1) is 0 Å². The zero-order chi connectivity index (χ0) is 24.9. The van der Waals surface area contributed by atoms with Crippen molar-refractivity contribution in [2.24, 2.45) is 14.1 Å². The van der Waals surface area contributed by atoms with E-state index < -0.39 is 5.97 Å². The number of thioether (sulfide) groups is 1. The number of nitrogens with one attached hydrogen (secondary N) is 1. The van der Waals surface area contributed by atoms with Crippen LogP contribution in [0.4, 0.5) is 5.69 Å². The third kappa shape index (κ3) is 5.40. The average molecular weight is 493 g/mol. The van der Waals surface area contributed by atoms with Gasteiger partial charge in [-0.3, -0.25) is 9.59 Å². The third-order valence-electron chi connectivity index (χ3n) is 5.27. The summed E-state index contributed by atoms with van der Waals surface area (Å²) in [5.74, 6) is 0.0827. The van der Waals surface area contributed by atoms with E-state index in [2.05, 4.69) is 20.6 Å². The van der Waals surface area contributed by atoms with Crippen LogP contribution in [0.15, 0.2) is 58.5 Å². The maximum Gasteiger partial charge on any atom is 0.338 e. The highest BCUT2D eigenvalue weighted by Gasteiger charge is 2.16. The molecule has 0 aliphatic heterocycles. The van der Waals surface area contributed by atoms with Crippen molar-refractivity contribution in [3.8, 4) is 0 Å².